The number of nitrogens with zero attached hydrogens (tertiary/aromatic N) is 2. The van der Waals surface area contributed by atoms with Crippen molar-refractivity contribution in [2.24, 2.45) is 0 Å². The van der Waals surface area contributed by atoms with Crippen molar-refractivity contribution in [2.45, 2.75) is 25.8 Å². The van der Waals surface area contributed by atoms with Crippen LogP contribution in [0, 0.1) is 0 Å². The van der Waals surface area contributed by atoms with Crippen LogP contribution in [0.1, 0.15) is 19.8 Å². The zero-order chi connectivity index (χ0) is 12.8. The molecule has 2 aliphatic rings. The highest BCUT2D eigenvalue weighted by molar-refractivity contribution is 5.78. The highest BCUT2D eigenvalue weighted by Gasteiger charge is 2.22. The van der Waals surface area contributed by atoms with Gasteiger partial charge in [-0.15, -0.1) is 0 Å². The smallest absolute Gasteiger partial charge is 0.234 e. The van der Waals surface area contributed by atoms with Gasteiger partial charge < -0.3 is 10.1 Å². The molecule has 0 spiro atoms. The lowest BCUT2D eigenvalue weighted by molar-refractivity contribution is -0.122. The van der Waals surface area contributed by atoms with Crippen LogP contribution in [0.4, 0.5) is 0 Å². The minimum absolute atomic E-state index is 0.164. The molecule has 0 aromatic rings. The summed E-state index contributed by atoms with van der Waals surface area (Å²) < 4.78 is 5.29. The minimum Gasteiger partial charge on any atom is -0.379 e. The molecule has 0 aromatic heterocycles. The summed E-state index contributed by atoms with van der Waals surface area (Å²) in [5, 5.41) is 3.01. The van der Waals surface area contributed by atoms with Gasteiger partial charge in [0.25, 0.3) is 0 Å². The summed E-state index contributed by atoms with van der Waals surface area (Å²) in [5.74, 6) is 0.164. The van der Waals surface area contributed by atoms with Crippen LogP contribution in [-0.2, 0) is 9.53 Å². The van der Waals surface area contributed by atoms with E-state index in [4.69, 9.17) is 4.74 Å². The first kappa shape index (κ1) is 13.8. The zero-order valence-corrected chi connectivity index (χ0v) is 11.4. The predicted octanol–water partition coefficient (Wildman–Crippen LogP) is -0.0809. The van der Waals surface area contributed by atoms with Crippen LogP contribution < -0.4 is 5.32 Å². The Labute approximate surface area is 109 Å². The second-order valence-corrected chi connectivity index (χ2v) is 5.27. The first-order valence-electron chi connectivity index (χ1n) is 7.06. The van der Waals surface area contributed by atoms with Gasteiger partial charge in [0.1, 0.15) is 0 Å². The fraction of sp³-hybridized carbons (Fsp3) is 0.923. The Balaban J connectivity index is 1.56. The van der Waals surface area contributed by atoms with Gasteiger partial charge >= 0.3 is 0 Å². The molecule has 1 N–H and O–H groups in total. The third-order valence-corrected chi connectivity index (χ3v) is 3.89. The van der Waals surface area contributed by atoms with E-state index in [9.17, 15) is 4.79 Å². The lowest BCUT2D eigenvalue weighted by Crippen LogP contribution is -2.44. The first-order valence-corrected chi connectivity index (χ1v) is 7.06. The second-order valence-electron chi connectivity index (χ2n) is 5.27. The summed E-state index contributed by atoms with van der Waals surface area (Å²) in [6.07, 6.45) is 2.45. The maximum absolute atomic E-state index is 11.8. The van der Waals surface area contributed by atoms with E-state index < -0.39 is 0 Å². The highest BCUT2D eigenvalue weighted by atomic mass is 16.5. The Bertz CT molecular complexity index is 267. The number of morpholine rings is 1. The van der Waals surface area contributed by atoms with Gasteiger partial charge in [0, 0.05) is 32.2 Å². The molecule has 0 radical (unpaired) electrons. The predicted molar refractivity (Wildman–Crippen MR) is 70.5 cm³/mol. The van der Waals surface area contributed by atoms with Gasteiger partial charge in [-0.3, -0.25) is 14.6 Å². The van der Waals surface area contributed by atoms with Crippen molar-refractivity contribution < 1.29 is 9.53 Å². The molecule has 2 aliphatic heterocycles. The number of nitrogens with one attached hydrogen (secondary N) is 1. The fourth-order valence-electron chi connectivity index (χ4n) is 2.65. The van der Waals surface area contributed by atoms with Crippen molar-refractivity contribution in [3.05, 3.63) is 0 Å². The lowest BCUT2D eigenvalue weighted by Gasteiger charge is -2.26. The molecule has 18 heavy (non-hydrogen) atoms. The maximum atomic E-state index is 11.8. The Morgan fingerprint density at radius 2 is 2.11 bits per heavy atom. The summed E-state index contributed by atoms with van der Waals surface area (Å²) in [6, 6.07) is 0.565. The van der Waals surface area contributed by atoms with E-state index >= 15 is 0 Å². The summed E-state index contributed by atoms with van der Waals surface area (Å²) in [4.78, 5) is 16.4. The number of hydrogen-bond donors (Lipinski definition) is 1. The highest BCUT2D eigenvalue weighted by Crippen LogP contribution is 2.15. The Hall–Kier alpha value is -0.650. The molecule has 1 atom stereocenters. The molecule has 2 heterocycles. The van der Waals surface area contributed by atoms with Crippen LogP contribution in [-0.4, -0.2) is 74.2 Å². The number of carbonyl (C=O) groups is 1. The van der Waals surface area contributed by atoms with Crippen molar-refractivity contribution in [3.63, 3.8) is 0 Å². The average Bonchev–Trinajstić information content (AvgIpc) is 2.76. The molecule has 2 fully saturated rings. The van der Waals surface area contributed by atoms with Gasteiger partial charge in [0.05, 0.1) is 19.8 Å². The molecule has 0 aromatic carbocycles. The van der Waals surface area contributed by atoms with Crippen LogP contribution >= 0.6 is 0 Å². The van der Waals surface area contributed by atoms with Crippen LogP contribution in [0.2, 0.25) is 0 Å². The van der Waals surface area contributed by atoms with E-state index in [2.05, 4.69) is 22.0 Å². The molecule has 104 valence electrons. The minimum atomic E-state index is 0.164. The second kappa shape index (κ2) is 7.07. The van der Waals surface area contributed by atoms with Gasteiger partial charge in [0.15, 0.2) is 0 Å². The van der Waals surface area contributed by atoms with Crippen molar-refractivity contribution in [1.82, 2.24) is 15.1 Å². The Morgan fingerprint density at radius 3 is 2.78 bits per heavy atom. The molecule has 5 heteroatoms. The summed E-state index contributed by atoms with van der Waals surface area (Å²) >= 11 is 0. The monoisotopic (exact) mass is 255 g/mol. The van der Waals surface area contributed by atoms with Gasteiger partial charge in [0.2, 0.25) is 5.91 Å². The molecule has 0 aliphatic carbocycles. The molecule has 0 saturated carbocycles. The third kappa shape index (κ3) is 4.23. The van der Waals surface area contributed by atoms with E-state index in [1.807, 2.05) is 0 Å². The van der Waals surface area contributed by atoms with Crippen molar-refractivity contribution >= 4 is 5.91 Å². The van der Waals surface area contributed by atoms with Gasteiger partial charge in [-0.05, 0) is 26.3 Å². The summed E-state index contributed by atoms with van der Waals surface area (Å²) in [6.45, 7) is 9.12. The number of hydrogen-bond acceptors (Lipinski definition) is 4. The van der Waals surface area contributed by atoms with E-state index in [1.54, 1.807) is 0 Å². The van der Waals surface area contributed by atoms with Crippen LogP contribution in [0.15, 0.2) is 0 Å². The molecule has 1 amide bonds. The number of rotatable bonds is 5. The Kier molecular flexibility index (Phi) is 5.41. The van der Waals surface area contributed by atoms with Gasteiger partial charge in [-0.25, -0.2) is 0 Å². The zero-order valence-electron chi connectivity index (χ0n) is 11.4. The Morgan fingerprint density at radius 1 is 1.33 bits per heavy atom. The van der Waals surface area contributed by atoms with Crippen molar-refractivity contribution in [1.29, 1.82) is 0 Å². The van der Waals surface area contributed by atoms with Gasteiger partial charge in [-0.2, -0.15) is 0 Å². The first-order chi connectivity index (χ1) is 8.75. The maximum Gasteiger partial charge on any atom is 0.234 e. The molecule has 2 saturated heterocycles. The lowest BCUT2D eigenvalue weighted by atomic mass is 10.2. The number of carbonyl (C=O) groups excluding carboxylic acids is 1. The summed E-state index contributed by atoms with van der Waals surface area (Å²) in [7, 11) is 0. The van der Waals surface area contributed by atoms with E-state index in [1.165, 1.54) is 12.8 Å². The molecule has 0 unspecified atom stereocenters. The number of likely N-dealkylation sites (tertiary alicyclic amines) is 1. The largest absolute Gasteiger partial charge is 0.379 e. The average molecular weight is 255 g/mol. The number of amides is 1. The van der Waals surface area contributed by atoms with Crippen LogP contribution in [0.3, 0.4) is 0 Å². The normalized spacial score (nSPS) is 26.4. The quantitative estimate of drug-likeness (QED) is 0.746. The third-order valence-electron chi connectivity index (χ3n) is 3.89. The van der Waals surface area contributed by atoms with Crippen molar-refractivity contribution in [3.8, 4) is 0 Å². The van der Waals surface area contributed by atoms with E-state index in [0.29, 0.717) is 12.6 Å². The van der Waals surface area contributed by atoms with Crippen LogP contribution in [0.5, 0.6) is 0 Å². The van der Waals surface area contributed by atoms with E-state index in [-0.39, 0.29) is 5.91 Å². The molecular weight excluding hydrogens is 230 g/mol. The topological polar surface area (TPSA) is 44.8 Å². The van der Waals surface area contributed by atoms with Crippen molar-refractivity contribution in [2.75, 3.05) is 52.5 Å². The molecule has 5 nitrogen and oxygen atoms in total. The SMILES string of the molecule is C[C@H]1CCCN1CC(=O)NCCN1CCOCC1. The fourth-order valence-corrected chi connectivity index (χ4v) is 2.65. The molecule has 2 rings (SSSR count). The number of ether oxygens (including phenoxy) is 1. The summed E-state index contributed by atoms with van der Waals surface area (Å²) in [5.41, 5.74) is 0. The van der Waals surface area contributed by atoms with Gasteiger partial charge in [-0.1, -0.05) is 0 Å². The van der Waals surface area contributed by atoms with Crippen LogP contribution in [0.25, 0.3) is 0 Å². The molecular formula is C13H25N3O2. The van der Waals surface area contributed by atoms with E-state index in [0.717, 1.165) is 45.9 Å². The standard InChI is InChI=1S/C13H25N3O2/c1-12-3-2-5-16(12)11-13(17)14-4-6-15-7-9-18-10-8-15/h12H,2-11H2,1H3,(H,14,17)/t12-/m0/s1. The molecule has 0 bridgehead atoms.